The van der Waals surface area contributed by atoms with Crippen LogP contribution in [0.2, 0.25) is 0 Å². The number of aromatic nitrogens is 2. The molecule has 1 amide bonds. The Labute approximate surface area is 147 Å². The van der Waals surface area contributed by atoms with E-state index in [0.29, 0.717) is 18.1 Å². The van der Waals surface area contributed by atoms with E-state index in [9.17, 15) is 4.79 Å². The number of rotatable bonds is 2. The number of nitrogens with one attached hydrogen (secondary N) is 1. The van der Waals surface area contributed by atoms with Gasteiger partial charge in [-0.25, -0.2) is 9.78 Å². The Morgan fingerprint density at radius 3 is 2.92 bits per heavy atom. The predicted octanol–water partition coefficient (Wildman–Crippen LogP) is 3.02. The van der Waals surface area contributed by atoms with Crippen molar-refractivity contribution in [2.24, 2.45) is 0 Å². The van der Waals surface area contributed by atoms with Crippen LogP contribution in [-0.2, 0) is 4.74 Å². The summed E-state index contributed by atoms with van der Waals surface area (Å²) in [5.41, 5.74) is 7.51. The number of ether oxygens (including phenoxy) is 1. The molecule has 1 aliphatic rings. The van der Waals surface area contributed by atoms with Gasteiger partial charge in [0.05, 0.1) is 17.2 Å². The quantitative estimate of drug-likeness (QED) is 0.814. The predicted molar refractivity (Wildman–Crippen MR) is 98.4 cm³/mol. The van der Waals surface area contributed by atoms with E-state index in [1.807, 2.05) is 32.9 Å². The van der Waals surface area contributed by atoms with Gasteiger partial charge >= 0.3 is 6.09 Å². The first-order chi connectivity index (χ1) is 11.8. The fourth-order valence-electron chi connectivity index (χ4n) is 2.89. The molecule has 1 aliphatic heterocycles. The first-order valence-corrected chi connectivity index (χ1v) is 8.57. The highest BCUT2D eigenvalue weighted by molar-refractivity contribution is 5.79. The number of hydrogen-bond acceptors (Lipinski definition) is 6. The Balaban J connectivity index is 1.66. The number of nitrogens with two attached hydrogens (primary N) is 1. The fourth-order valence-corrected chi connectivity index (χ4v) is 2.89. The molecule has 0 unspecified atom stereocenters. The van der Waals surface area contributed by atoms with Gasteiger partial charge in [-0.1, -0.05) is 0 Å². The Morgan fingerprint density at radius 1 is 1.36 bits per heavy atom. The maximum Gasteiger partial charge on any atom is 0.410 e. The minimum Gasteiger partial charge on any atom is -0.444 e. The summed E-state index contributed by atoms with van der Waals surface area (Å²) in [5.74, 6) is 0.702. The van der Waals surface area contributed by atoms with Gasteiger partial charge in [-0.2, -0.15) is 0 Å². The number of nitrogen functional groups attached to an aromatic ring is 1. The zero-order valence-corrected chi connectivity index (χ0v) is 15.0. The van der Waals surface area contributed by atoms with Gasteiger partial charge in [0, 0.05) is 24.8 Å². The highest BCUT2D eigenvalue weighted by Crippen LogP contribution is 2.20. The summed E-state index contributed by atoms with van der Waals surface area (Å²) >= 11 is 0. The molecular weight excluding hydrogens is 318 g/mol. The van der Waals surface area contributed by atoms with Crippen molar-refractivity contribution >= 4 is 28.6 Å². The molecule has 1 atom stereocenters. The van der Waals surface area contributed by atoms with Crippen LogP contribution < -0.4 is 11.1 Å². The molecule has 0 spiro atoms. The number of likely N-dealkylation sites (tertiary alicyclic amines) is 1. The van der Waals surface area contributed by atoms with E-state index in [1.165, 1.54) is 0 Å². The van der Waals surface area contributed by atoms with E-state index in [-0.39, 0.29) is 12.1 Å². The monoisotopic (exact) mass is 343 g/mol. The van der Waals surface area contributed by atoms with Crippen LogP contribution in [0.3, 0.4) is 0 Å². The number of nitrogens with zero attached hydrogens (tertiary/aromatic N) is 3. The van der Waals surface area contributed by atoms with Crippen LogP contribution >= 0.6 is 0 Å². The second kappa shape index (κ2) is 6.74. The zero-order valence-electron chi connectivity index (χ0n) is 15.0. The van der Waals surface area contributed by atoms with Gasteiger partial charge in [-0.3, -0.25) is 4.98 Å². The first-order valence-electron chi connectivity index (χ1n) is 8.57. The van der Waals surface area contributed by atoms with Crippen molar-refractivity contribution in [2.75, 3.05) is 24.1 Å². The molecule has 0 radical (unpaired) electrons. The second-order valence-corrected chi connectivity index (χ2v) is 7.41. The van der Waals surface area contributed by atoms with Gasteiger partial charge in [0.2, 0.25) is 0 Å². The van der Waals surface area contributed by atoms with E-state index in [1.54, 1.807) is 17.2 Å². The molecule has 3 rings (SSSR count). The molecule has 2 aromatic rings. The molecule has 25 heavy (non-hydrogen) atoms. The fraction of sp³-hybridized carbons (Fsp3) is 0.500. The molecule has 7 heteroatoms. The summed E-state index contributed by atoms with van der Waals surface area (Å²) in [6.07, 6.45) is 3.34. The zero-order chi connectivity index (χ0) is 18.0. The number of piperidine rings is 1. The third-order valence-corrected chi connectivity index (χ3v) is 3.99. The van der Waals surface area contributed by atoms with Crippen molar-refractivity contribution < 1.29 is 9.53 Å². The van der Waals surface area contributed by atoms with E-state index in [2.05, 4.69) is 15.3 Å². The standard InChI is InChI=1S/C18H25N5O2/c1-18(2,3)25-17(24)23-8-4-5-13(11-23)21-16-10-20-15-9-12(19)6-7-14(15)22-16/h6-7,9-10,13H,4-5,8,11,19H2,1-3H3,(H,21,22)/t13-/m0/s1. The molecule has 134 valence electrons. The lowest BCUT2D eigenvalue weighted by Gasteiger charge is -2.34. The second-order valence-electron chi connectivity index (χ2n) is 7.41. The van der Waals surface area contributed by atoms with Crippen molar-refractivity contribution in [3.8, 4) is 0 Å². The van der Waals surface area contributed by atoms with Crippen molar-refractivity contribution in [2.45, 2.75) is 45.3 Å². The molecule has 0 saturated carbocycles. The van der Waals surface area contributed by atoms with Crippen molar-refractivity contribution in [1.29, 1.82) is 0 Å². The number of fused-ring (bicyclic) bond motifs is 1. The molecular formula is C18H25N5O2. The summed E-state index contributed by atoms with van der Waals surface area (Å²) in [4.78, 5) is 23.0. The number of benzene rings is 1. The van der Waals surface area contributed by atoms with Gasteiger partial charge in [-0.15, -0.1) is 0 Å². The van der Waals surface area contributed by atoms with Gasteiger partial charge in [0.1, 0.15) is 11.4 Å². The maximum absolute atomic E-state index is 12.3. The van der Waals surface area contributed by atoms with Gasteiger partial charge in [0.15, 0.2) is 0 Å². The average Bonchev–Trinajstić information content (AvgIpc) is 2.54. The smallest absolute Gasteiger partial charge is 0.410 e. The first kappa shape index (κ1) is 17.3. The molecule has 3 N–H and O–H groups in total. The summed E-state index contributed by atoms with van der Waals surface area (Å²) in [5, 5.41) is 3.38. The van der Waals surface area contributed by atoms with Crippen molar-refractivity contribution in [3.63, 3.8) is 0 Å². The highest BCUT2D eigenvalue weighted by Gasteiger charge is 2.27. The van der Waals surface area contributed by atoms with E-state index in [0.717, 1.165) is 30.4 Å². The Hall–Kier alpha value is -2.57. The van der Waals surface area contributed by atoms with Gasteiger partial charge in [0.25, 0.3) is 0 Å². The summed E-state index contributed by atoms with van der Waals surface area (Å²) in [7, 11) is 0. The Morgan fingerprint density at radius 2 is 2.16 bits per heavy atom. The summed E-state index contributed by atoms with van der Waals surface area (Å²) in [6, 6.07) is 5.60. The maximum atomic E-state index is 12.3. The van der Waals surface area contributed by atoms with E-state index >= 15 is 0 Å². The molecule has 0 aliphatic carbocycles. The van der Waals surface area contributed by atoms with E-state index in [4.69, 9.17) is 10.5 Å². The summed E-state index contributed by atoms with van der Waals surface area (Å²) < 4.78 is 5.46. The number of hydrogen-bond donors (Lipinski definition) is 2. The minimum atomic E-state index is -0.483. The number of amides is 1. The van der Waals surface area contributed by atoms with Crippen molar-refractivity contribution in [1.82, 2.24) is 14.9 Å². The van der Waals surface area contributed by atoms with E-state index < -0.39 is 5.60 Å². The largest absolute Gasteiger partial charge is 0.444 e. The highest BCUT2D eigenvalue weighted by atomic mass is 16.6. The Bertz CT molecular complexity index is 772. The summed E-state index contributed by atoms with van der Waals surface area (Å²) in [6.45, 7) is 6.94. The van der Waals surface area contributed by atoms with Crippen LogP contribution in [0.5, 0.6) is 0 Å². The van der Waals surface area contributed by atoms with Crippen LogP contribution in [-0.4, -0.2) is 45.7 Å². The molecule has 1 aromatic carbocycles. The number of carbonyl (C=O) groups is 1. The molecule has 0 bridgehead atoms. The molecule has 1 fully saturated rings. The van der Waals surface area contributed by atoms with Crippen LogP contribution in [0.15, 0.2) is 24.4 Å². The molecule has 1 aromatic heterocycles. The number of carbonyl (C=O) groups excluding carboxylic acids is 1. The molecule has 1 saturated heterocycles. The van der Waals surface area contributed by atoms with Gasteiger partial charge < -0.3 is 20.7 Å². The third-order valence-electron chi connectivity index (χ3n) is 3.99. The average molecular weight is 343 g/mol. The number of anilines is 2. The molecule has 7 nitrogen and oxygen atoms in total. The SMILES string of the molecule is CC(C)(C)OC(=O)N1CCC[C@H](Nc2cnc3cc(N)ccc3n2)C1. The third kappa shape index (κ3) is 4.49. The lowest BCUT2D eigenvalue weighted by atomic mass is 10.1. The lowest BCUT2D eigenvalue weighted by Crippen LogP contribution is -2.47. The normalized spacial score (nSPS) is 18.2. The van der Waals surface area contributed by atoms with Crippen LogP contribution in [0.25, 0.3) is 11.0 Å². The Kier molecular flexibility index (Phi) is 4.65. The van der Waals surface area contributed by atoms with Crippen LogP contribution in [0.4, 0.5) is 16.3 Å². The topological polar surface area (TPSA) is 93.4 Å². The van der Waals surface area contributed by atoms with Crippen LogP contribution in [0, 0.1) is 0 Å². The molecule has 2 heterocycles. The van der Waals surface area contributed by atoms with Gasteiger partial charge in [-0.05, 0) is 51.8 Å². The van der Waals surface area contributed by atoms with Crippen LogP contribution in [0.1, 0.15) is 33.6 Å². The lowest BCUT2D eigenvalue weighted by molar-refractivity contribution is 0.0206. The van der Waals surface area contributed by atoms with Crippen molar-refractivity contribution in [3.05, 3.63) is 24.4 Å². The minimum absolute atomic E-state index is 0.127.